The van der Waals surface area contributed by atoms with Crippen molar-refractivity contribution in [2.75, 3.05) is 19.8 Å². The second-order valence-corrected chi connectivity index (χ2v) is 6.02. The molecule has 0 bridgehead atoms. The van der Waals surface area contributed by atoms with Crippen molar-refractivity contribution in [2.45, 2.75) is 51.6 Å². The Morgan fingerprint density at radius 3 is 2.40 bits per heavy atom. The first-order chi connectivity index (χ1) is 7.23. The molecule has 3 aliphatic rings. The van der Waals surface area contributed by atoms with Crippen molar-refractivity contribution in [3.63, 3.8) is 0 Å². The molecule has 1 spiro atoms. The fourth-order valence-electron chi connectivity index (χ4n) is 3.71. The van der Waals surface area contributed by atoms with E-state index in [1.165, 1.54) is 32.2 Å². The molecule has 86 valence electrons. The van der Waals surface area contributed by atoms with Crippen LogP contribution >= 0.6 is 0 Å². The smallest absolute Gasteiger partial charge is 0.0472 e. The standard InChI is InChI=1S/C13H23NO/c1-10(2)14-9-13(5-7-15-8-6-13)12(14)11-3-4-11/h10-12H,3-9H2,1-2H3. The van der Waals surface area contributed by atoms with Crippen LogP contribution in [0, 0.1) is 11.3 Å². The molecule has 2 aliphatic heterocycles. The number of nitrogens with zero attached hydrogens (tertiary/aromatic N) is 1. The summed E-state index contributed by atoms with van der Waals surface area (Å²) in [6.45, 7) is 8.06. The normalized spacial score (nSPS) is 35.8. The van der Waals surface area contributed by atoms with Gasteiger partial charge in [0.05, 0.1) is 0 Å². The number of rotatable bonds is 2. The Morgan fingerprint density at radius 1 is 1.20 bits per heavy atom. The Morgan fingerprint density at radius 2 is 1.87 bits per heavy atom. The van der Waals surface area contributed by atoms with Gasteiger partial charge in [0.25, 0.3) is 0 Å². The van der Waals surface area contributed by atoms with E-state index < -0.39 is 0 Å². The quantitative estimate of drug-likeness (QED) is 0.692. The van der Waals surface area contributed by atoms with E-state index >= 15 is 0 Å². The van der Waals surface area contributed by atoms with Gasteiger partial charge >= 0.3 is 0 Å². The van der Waals surface area contributed by atoms with E-state index in [9.17, 15) is 0 Å². The first-order valence-electron chi connectivity index (χ1n) is 6.56. The van der Waals surface area contributed by atoms with Crippen molar-refractivity contribution in [2.24, 2.45) is 11.3 Å². The number of hydrogen-bond donors (Lipinski definition) is 0. The zero-order valence-electron chi connectivity index (χ0n) is 10.0. The molecular weight excluding hydrogens is 186 g/mol. The minimum absolute atomic E-state index is 0.656. The second-order valence-electron chi connectivity index (χ2n) is 6.02. The van der Waals surface area contributed by atoms with Crippen LogP contribution in [-0.2, 0) is 4.74 Å². The van der Waals surface area contributed by atoms with Crippen molar-refractivity contribution in [1.29, 1.82) is 0 Å². The molecule has 0 N–H and O–H groups in total. The summed E-state index contributed by atoms with van der Waals surface area (Å²) in [7, 11) is 0. The summed E-state index contributed by atoms with van der Waals surface area (Å²) in [6.07, 6.45) is 5.60. The van der Waals surface area contributed by atoms with Crippen LogP contribution in [-0.4, -0.2) is 36.7 Å². The van der Waals surface area contributed by atoms with Gasteiger partial charge in [0.2, 0.25) is 0 Å². The Kier molecular flexibility index (Phi) is 2.33. The summed E-state index contributed by atoms with van der Waals surface area (Å²) < 4.78 is 5.53. The highest BCUT2D eigenvalue weighted by molar-refractivity contribution is 5.11. The van der Waals surface area contributed by atoms with Crippen LogP contribution in [0.5, 0.6) is 0 Å². The van der Waals surface area contributed by atoms with Crippen LogP contribution in [0.2, 0.25) is 0 Å². The zero-order valence-corrected chi connectivity index (χ0v) is 10.0. The maximum absolute atomic E-state index is 5.53. The molecule has 2 nitrogen and oxygen atoms in total. The fourth-order valence-corrected chi connectivity index (χ4v) is 3.71. The predicted molar refractivity (Wildman–Crippen MR) is 60.8 cm³/mol. The van der Waals surface area contributed by atoms with E-state index in [1.54, 1.807) is 0 Å². The van der Waals surface area contributed by atoms with Crippen LogP contribution in [0.3, 0.4) is 0 Å². The van der Waals surface area contributed by atoms with Crippen LogP contribution in [0.25, 0.3) is 0 Å². The number of hydrogen-bond acceptors (Lipinski definition) is 2. The van der Waals surface area contributed by atoms with Crippen molar-refractivity contribution < 1.29 is 4.74 Å². The van der Waals surface area contributed by atoms with Crippen LogP contribution in [0.1, 0.15) is 39.5 Å². The third-order valence-electron chi connectivity index (χ3n) is 4.70. The summed E-state index contributed by atoms with van der Waals surface area (Å²) >= 11 is 0. The highest BCUT2D eigenvalue weighted by Crippen LogP contribution is 2.55. The molecule has 1 atom stereocenters. The second kappa shape index (κ2) is 3.46. The van der Waals surface area contributed by atoms with Gasteiger partial charge in [-0.2, -0.15) is 0 Å². The molecule has 3 fully saturated rings. The lowest BCUT2D eigenvalue weighted by Crippen LogP contribution is -2.68. The number of ether oxygens (including phenoxy) is 1. The van der Waals surface area contributed by atoms with Gasteiger partial charge in [0, 0.05) is 37.3 Å². The molecule has 0 aromatic carbocycles. The molecule has 15 heavy (non-hydrogen) atoms. The molecule has 3 rings (SSSR count). The van der Waals surface area contributed by atoms with Gasteiger partial charge in [0.1, 0.15) is 0 Å². The minimum Gasteiger partial charge on any atom is -0.381 e. The van der Waals surface area contributed by atoms with E-state index in [-0.39, 0.29) is 0 Å². The van der Waals surface area contributed by atoms with E-state index in [2.05, 4.69) is 18.7 Å². The Balaban J connectivity index is 1.74. The Hall–Kier alpha value is -0.0800. The van der Waals surface area contributed by atoms with Gasteiger partial charge in [-0.3, -0.25) is 4.90 Å². The van der Waals surface area contributed by atoms with Crippen LogP contribution in [0.4, 0.5) is 0 Å². The van der Waals surface area contributed by atoms with E-state index in [0.717, 1.165) is 31.2 Å². The van der Waals surface area contributed by atoms with Gasteiger partial charge in [-0.25, -0.2) is 0 Å². The molecule has 1 saturated carbocycles. The summed E-state index contributed by atoms with van der Waals surface area (Å²) in [5.41, 5.74) is 0.656. The van der Waals surface area contributed by atoms with E-state index in [0.29, 0.717) is 5.41 Å². The van der Waals surface area contributed by atoms with Crippen molar-refractivity contribution >= 4 is 0 Å². The van der Waals surface area contributed by atoms with Crippen molar-refractivity contribution in [1.82, 2.24) is 4.90 Å². The van der Waals surface area contributed by atoms with E-state index in [4.69, 9.17) is 4.74 Å². The molecule has 0 aromatic rings. The summed E-state index contributed by atoms with van der Waals surface area (Å²) in [5.74, 6) is 1.03. The molecule has 2 heterocycles. The third-order valence-corrected chi connectivity index (χ3v) is 4.70. The lowest BCUT2D eigenvalue weighted by molar-refractivity contribution is -0.152. The summed E-state index contributed by atoms with van der Waals surface area (Å²) in [5, 5.41) is 0. The average Bonchev–Trinajstić information content (AvgIpc) is 3.00. The lowest BCUT2D eigenvalue weighted by Gasteiger charge is -2.61. The topological polar surface area (TPSA) is 12.5 Å². The average molecular weight is 209 g/mol. The minimum atomic E-state index is 0.656. The van der Waals surface area contributed by atoms with Gasteiger partial charge in [-0.15, -0.1) is 0 Å². The van der Waals surface area contributed by atoms with Gasteiger partial charge in [0.15, 0.2) is 0 Å². The third kappa shape index (κ3) is 1.53. The Bertz CT molecular complexity index is 241. The monoisotopic (exact) mass is 209 g/mol. The molecule has 0 amide bonds. The molecule has 0 radical (unpaired) electrons. The Labute approximate surface area is 93.0 Å². The zero-order chi connectivity index (χ0) is 10.5. The van der Waals surface area contributed by atoms with Crippen LogP contribution in [0.15, 0.2) is 0 Å². The van der Waals surface area contributed by atoms with Gasteiger partial charge < -0.3 is 4.74 Å². The van der Waals surface area contributed by atoms with E-state index in [1.807, 2.05) is 0 Å². The molecule has 0 aromatic heterocycles. The number of likely N-dealkylation sites (tertiary alicyclic amines) is 1. The fraction of sp³-hybridized carbons (Fsp3) is 1.00. The lowest BCUT2D eigenvalue weighted by atomic mass is 9.64. The van der Waals surface area contributed by atoms with Gasteiger partial charge in [-0.1, -0.05) is 0 Å². The molecule has 2 heteroatoms. The molecule has 1 unspecified atom stereocenters. The predicted octanol–water partition coefficient (Wildman–Crippen LogP) is 2.29. The largest absolute Gasteiger partial charge is 0.381 e. The molecular formula is C13H23NO. The van der Waals surface area contributed by atoms with Gasteiger partial charge in [-0.05, 0) is 45.4 Å². The SMILES string of the molecule is CC(C)N1CC2(CCOCC2)C1C1CC1. The first kappa shape index (κ1) is 10.1. The first-order valence-corrected chi connectivity index (χ1v) is 6.56. The summed E-state index contributed by atoms with van der Waals surface area (Å²) in [6, 6.07) is 1.64. The van der Waals surface area contributed by atoms with Crippen LogP contribution < -0.4 is 0 Å². The maximum Gasteiger partial charge on any atom is 0.0472 e. The van der Waals surface area contributed by atoms with Crippen molar-refractivity contribution in [3.8, 4) is 0 Å². The highest BCUT2D eigenvalue weighted by Gasteiger charge is 2.58. The molecule has 2 saturated heterocycles. The summed E-state index contributed by atoms with van der Waals surface area (Å²) in [4.78, 5) is 2.74. The maximum atomic E-state index is 5.53. The molecule has 1 aliphatic carbocycles. The van der Waals surface area contributed by atoms with Crippen molar-refractivity contribution in [3.05, 3.63) is 0 Å². The highest BCUT2D eigenvalue weighted by atomic mass is 16.5.